The Labute approximate surface area is 87.8 Å². The molecule has 0 aliphatic rings. The standard InChI is InChI=1S/ClH.Na.H3O4P.Zn/c;;1-5(2,3)4;/h1H;;(H3,1,2,3,4);/q;+1;;+2/p-3. The third kappa shape index (κ3) is 96.7. The molecule has 0 aromatic rings. The second-order valence-corrected chi connectivity index (χ2v) is 1.41. The Morgan fingerprint density at radius 2 is 1.38 bits per heavy atom. The molecular weight excluding hydrogens is 219 g/mol. The quantitative estimate of drug-likeness (QED) is 0.324. The van der Waals surface area contributed by atoms with E-state index in [0.717, 1.165) is 0 Å². The van der Waals surface area contributed by atoms with Gasteiger partial charge in [0.15, 0.2) is 0 Å². The summed E-state index contributed by atoms with van der Waals surface area (Å²) in [6, 6.07) is 0. The number of hydrogen-bond donors (Lipinski definition) is 1. The van der Waals surface area contributed by atoms with E-state index in [9.17, 15) is 0 Å². The van der Waals surface area contributed by atoms with Crippen LogP contribution in [-0.2, 0) is 24.0 Å². The van der Waals surface area contributed by atoms with Gasteiger partial charge in [-0.2, -0.15) is 0 Å². The molecule has 0 spiro atoms. The van der Waals surface area contributed by atoms with Crippen LogP contribution in [0.1, 0.15) is 0 Å². The zero-order chi connectivity index (χ0) is 4.50. The maximum Gasteiger partial charge on any atom is 2.00 e. The van der Waals surface area contributed by atoms with Gasteiger partial charge in [-0.1, -0.05) is 0 Å². The number of hydrogen-bond acceptors (Lipinski definition) is 3. The molecule has 0 atom stereocenters. The zero-order valence-corrected chi connectivity index (χ0v) is 10.8. The molecule has 0 saturated carbocycles. The Morgan fingerprint density at radius 3 is 1.38 bits per heavy atom. The number of rotatable bonds is 0. The summed E-state index contributed by atoms with van der Waals surface area (Å²) < 4.78 is 8.66. The minimum absolute atomic E-state index is 0. The van der Waals surface area contributed by atoms with E-state index >= 15 is 0 Å². The van der Waals surface area contributed by atoms with Crippen molar-refractivity contribution >= 4 is 7.82 Å². The third-order valence-corrected chi connectivity index (χ3v) is 0. The minimum Gasteiger partial charge on any atom is -1.00 e. The van der Waals surface area contributed by atoms with Crippen LogP contribution in [0.2, 0.25) is 0 Å². The van der Waals surface area contributed by atoms with Gasteiger partial charge in [0.1, 0.15) is 0 Å². The van der Waals surface area contributed by atoms with Crippen LogP contribution in [0, 0.1) is 0 Å². The van der Waals surface area contributed by atoms with Gasteiger partial charge in [0.2, 0.25) is 0 Å². The fourth-order valence-electron chi connectivity index (χ4n) is 0. The van der Waals surface area contributed by atoms with Gasteiger partial charge in [-0.25, -0.2) is 0 Å². The van der Waals surface area contributed by atoms with Crippen LogP contribution in [-0.4, -0.2) is 4.89 Å². The van der Waals surface area contributed by atoms with Crippen LogP contribution in [0.25, 0.3) is 0 Å². The van der Waals surface area contributed by atoms with E-state index < -0.39 is 7.82 Å². The molecule has 0 aromatic carbocycles. The first-order valence-corrected chi connectivity index (χ1v) is 2.24. The van der Waals surface area contributed by atoms with E-state index in [1.54, 1.807) is 0 Å². The fourth-order valence-corrected chi connectivity index (χ4v) is 0. The molecule has 0 radical (unpaired) electrons. The van der Waals surface area contributed by atoms with Gasteiger partial charge in [0.25, 0.3) is 0 Å². The van der Waals surface area contributed by atoms with Crippen molar-refractivity contribution in [2.75, 3.05) is 0 Å². The largest absolute Gasteiger partial charge is 2.00 e. The SMILES string of the molecule is O=P([O-])([O-])O.[Cl-].[Na+].[Zn+2]. The molecule has 8 heavy (non-hydrogen) atoms. The predicted molar refractivity (Wildman–Crippen MR) is 9.83 cm³/mol. The van der Waals surface area contributed by atoms with Crippen LogP contribution in [0.5, 0.6) is 0 Å². The van der Waals surface area contributed by atoms with Crippen LogP contribution in [0.3, 0.4) is 0 Å². The second-order valence-electron chi connectivity index (χ2n) is 0.469. The first-order valence-electron chi connectivity index (χ1n) is 0.748. The molecule has 8 heteroatoms. The topological polar surface area (TPSA) is 83.4 Å². The van der Waals surface area contributed by atoms with Gasteiger partial charge in [-0.15, -0.1) is 0 Å². The van der Waals surface area contributed by atoms with E-state index in [4.69, 9.17) is 19.2 Å². The van der Waals surface area contributed by atoms with Crippen LogP contribution < -0.4 is 51.8 Å². The molecule has 0 aliphatic carbocycles. The molecule has 0 saturated heterocycles. The Hall–Kier alpha value is 2.02. The molecule has 0 aliphatic heterocycles. The van der Waals surface area contributed by atoms with Crippen molar-refractivity contribution < 1.29 is 80.7 Å². The number of phosphoric acid groups is 1. The van der Waals surface area contributed by atoms with Crippen molar-refractivity contribution in [2.24, 2.45) is 0 Å². The summed E-state index contributed by atoms with van der Waals surface area (Å²) in [6.45, 7) is 0. The first-order chi connectivity index (χ1) is 2.00. The third-order valence-electron chi connectivity index (χ3n) is 0. The van der Waals surface area contributed by atoms with Gasteiger partial charge >= 0.3 is 49.0 Å². The average Bonchev–Trinajstić information content (AvgIpc) is 0.722. The summed E-state index contributed by atoms with van der Waals surface area (Å²) in [5.41, 5.74) is 0. The van der Waals surface area contributed by atoms with Gasteiger partial charge in [0, 0.05) is 0 Å². The van der Waals surface area contributed by atoms with Crippen molar-refractivity contribution in [2.45, 2.75) is 0 Å². The zero-order valence-electron chi connectivity index (χ0n) is 4.20. The average molecular weight is 220 g/mol. The van der Waals surface area contributed by atoms with Gasteiger partial charge in [-0.05, 0) is 0 Å². The van der Waals surface area contributed by atoms with Crippen LogP contribution in [0.4, 0.5) is 0 Å². The molecule has 40 valence electrons. The molecule has 0 aromatic heterocycles. The predicted octanol–water partition coefficient (Wildman–Crippen LogP) is -8.19. The maximum atomic E-state index is 8.66. The molecule has 0 bridgehead atoms. The maximum absolute atomic E-state index is 8.66. The fraction of sp³-hybridized carbons (Fsp3) is 0. The van der Waals surface area contributed by atoms with Gasteiger partial charge in [0.05, 0.1) is 7.82 Å². The summed E-state index contributed by atoms with van der Waals surface area (Å²) in [7, 11) is -5.14. The van der Waals surface area contributed by atoms with E-state index in [1.807, 2.05) is 0 Å². The normalized spacial score (nSPS) is 7.38. The molecule has 0 unspecified atom stereocenters. The summed E-state index contributed by atoms with van der Waals surface area (Å²) in [6.07, 6.45) is 0. The van der Waals surface area contributed by atoms with Crippen LogP contribution >= 0.6 is 7.82 Å². The first kappa shape index (κ1) is 22.5. The van der Waals surface area contributed by atoms with E-state index in [0.29, 0.717) is 0 Å². The molecule has 0 fully saturated rings. The van der Waals surface area contributed by atoms with Crippen molar-refractivity contribution in [3.8, 4) is 0 Å². The van der Waals surface area contributed by atoms with Gasteiger partial charge in [-0.3, -0.25) is 0 Å². The second kappa shape index (κ2) is 9.02. The smallest absolute Gasteiger partial charge is 1.00 e. The van der Waals surface area contributed by atoms with E-state index in [-0.39, 0.29) is 61.4 Å². The van der Waals surface area contributed by atoms with Crippen molar-refractivity contribution in [1.29, 1.82) is 0 Å². The van der Waals surface area contributed by atoms with Crippen molar-refractivity contribution in [3.05, 3.63) is 0 Å². The van der Waals surface area contributed by atoms with E-state index in [1.165, 1.54) is 0 Å². The Morgan fingerprint density at radius 1 is 1.38 bits per heavy atom. The molecule has 0 amide bonds. The summed E-state index contributed by atoms with van der Waals surface area (Å²) in [4.78, 5) is 24.3. The monoisotopic (exact) mass is 218 g/mol. The van der Waals surface area contributed by atoms with Crippen molar-refractivity contribution in [1.82, 2.24) is 0 Å². The Balaban J connectivity index is -0.0000000267. The summed E-state index contributed by atoms with van der Waals surface area (Å²) in [5.74, 6) is 0. The minimum atomic E-state index is -5.14. The number of halogens is 1. The summed E-state index contributed by atoms with van der Waals surface area (Å²) >= 11 is 0. The van der Waals surface area contributed by atoms with Crippen molar-refractivity contribution in [3.63, 3.8) is 0 Å². The molecule has 4 nitrogen and oxygen atoms in total. The van der Waals surface area contributed by atoms with E-state index in [2.05, 4.69) is 0 Å². The summed E-state index contributed by atoms with van der Waals surface area (Å²) in [5, 5.41) is 0. The molecule has 0 heterocycles. The molecular formula is HClNaO4PZn. The Bertz CT molecular complexity index is 62.2. The molecule has 1 N–H and O–H groups in total. The molecule has 0 rings (SSSR count). The van der Waals surface area contributed by atoms with Gasteiger partial charge < -0.3 is 31.7 Å². The van der Waals surface area contributed by atoms with Crippen LogP contribution in [0.15, 0.2) is 0 Å². The Kier molecular flexibility index (Phi) is 25.4.